The fraction of sp³-hybridized carbons (Fsp3) is 0.240. The number of aryl methyl sites for hydroxylation is 2. The van der Waals surface area contributed by atoms with Crippen molar-refractivity contribution in [2.75, 3.05) is 6.61 Å². The van der Waals surface area contributed by atoms with Gasteiger partial charge in [-0.25, -0.2) is 4.52 Å². The average Bonchev–Trinajstić information content (AvgIpc) is 3.23. The molecule has 0 spiro atoms. The van der Waals surface area contributed by atoms with Crippen LogP contribution in [0.5, 0.6) is 5.75 Å². The van der Waals surface area contributed by atoms with E-state index in [9.17, 15) is 9.59 Å². The molecule has 0 radical (unpaired) electrons. The number of carbonyl (C=O) groups is 1. The molecule has 2 aromatic carbocycles. The quantitative estimate of drug-likeness (QED) is 0.464. The number of aromatic nitrogens is 3. The Hall–Kier alpha value is -3.87. The first-order valence-corrected chi connectivity index (χ1v) is 10.7. The molecule has 0 saturated heterocycles. The van der Waals surface area contributed by atoms with E-state index < -0.39 is 0 Å². The van der Waals surface area contributed by atoms with E-state index in [1.54, 1.807) is 27.5 Å². The minimum absolute atomic E-state index is 0.0955. The molecule has 4 aromatic rings. The van der Waals surface area contributed by atoms with Crippen molar-refractivity contribution >= 4 is 11.4 Å². The average molecular weight is 431 g/mol. The molecule has 0 aliphatic carbocycles. The first kappa shape index (κ1) is 21.4. The van der Waals surface area contributed by atoms with E-state index in [0.717, 1.165) is 22.4 Å². The van der Waals surface area contributed by atoms with Gasteiger partial charge in [-0.05, 0) is 49.7 Å². The fourth-order valence-corrected chi connectivity index (χ4v) is 3.57. The predicted molar refractivity (Wildman–Crippen MR) is 124 cm³/mol. The molecule has 0 unspecified atom stereocenters. The van der Waals surface area contributed by atoms with Crippen LogP contribution in [0, 0.1) is 6.92 Å². The van der Waals surface area contributed by atoms with Crippen molar-refractivity contribution in [3.8, 4) is 17.0 Å². The minimum Gasteiger partial charge on any atom is -0.494 e. The van der Waals surface area contributed by atoms with Gasteiger partial charge in [-0.1, -0.05) is 29.8 Å². The lowest BCUT2D eigenvalue weighted by Gasteiger charge is -2.08. The Labute approximate surface area is 186 Å². The van der Waals surface area contributed by atoms with Gasteiger partial charge in [0.2, 0.25) is 5.91 Å². The summed E-state index contributed by atoms with van der Waals surface area (Å²) in [6.45, 7) is 5.35. The zero-order valence-electron chi connectivity index (χ0n) is 18.2. The van der Waals surface area contributed by atoms with Crippen molar-refractivity contribution in [3.05, 3.63) is 88.5 Å². The summed E-state index contributed by atoms with van der Waals surface area (Å²) in [5.41, 5.74) is 4.11. The largest absolute Gasteiger partial charge is 0.494 e. The summed E-state index contributed by atoms with van der Waals surface area (Å²) in [4.78, 5) is 25.2. The maximum atomic E-state index is 12.9. The van der Waals surface area contributed by atoms with Crippen LogP contribution in [0.25, 0.3) is 16.8 Å². The molecule has 2 heterocycles. The number of benzene rings is 2. The fourth-order valence-electron chi connectivity index (χ4n) is 3.57. The highest BCUT2D eigenvalue weighted by molar-refractivity contribution is 5.75. The van der Waals surface area contributed by atoms with Crippen LogP contribution in [-0.2, 0) is 17.9 Å². The van der Waals surface area contributed by atoms with E-state index in [0.29, 0.717) is 30.9 Å². The molecule has 0 fully saturated rings. The second kappa shape index (κ2) is 9.51. The lowest BCUT2D eigenvalue weighted by Crippen LogP contribution is -2.27. The molecule has 0 bridgehead atoms. The number of hydrogen-bond donors (Lipinski definition) is 1. The summed E-state index contributed by atoms with van der Waals surface area (Å²) >= 11 is 0. The topological polar surface area (TPSA) is 77.6 Å². The predicted octanol–water partition coefficient (Wildman–Crippen LogP) is 3.58. The molecule has 32 heavy (non-hydrogen) atoms. The molecule has 7 heteroatoms. The van der Waals surface area contributed by atoms with Gasteiger partial charge in [0.25, 0.3) is 5.56 Å². The van der Waals surface area contributed by atoms with Crippen molar-refractivity contribution in [1.82, 2.24) is 19.5 Å². The minimum atomic E-state index is -0.177. The molecular weight excluding hydrogens is 404 g/mol. The van der Waals surface area contributed by atoms with Crippen molar-refractivity contribution < 1.29 is 9.53 Å². The Morgan fingerprint density at radius 3 is 2.66 bits per heavy atom. The zero-order chi connectivity index (χ0) is 22.5. The van der Waals surface area contributed by atoms with Gasteiger partial charge in [-0.2, -0.15) is 5.10 Å². The zero-order valence-corrected chi connectivity index (χ0v) is 18.2. The third-order valence-electron chi connectivity index (χ3n) is 5.22. The van der Waals surface area contributed by atoms with E-state index in [1.165, 1.54) is 0 Å². The smallest absolute Gasteiger partial charge is 0.276 e. The molecule has 1 amide bonds. The Kier molecular flexibility index (Phi) is 6.35. The molecule has 0 aliphatic rings. The number of nitrogens with one attached hydrogen (secondary N) is 1. The maximum absolute atomic E-state index is 12.9. The number of carbonyl (C=O) groups excluding carboxylic acids is 1. The van der Waals surface area contributed by atoms with E-state index >= 15 is 0 Å². The molecule has 164 valence electrons. The summed E-state index contributed by atoms with van der Waals surface area (Å²) in [7, 11) is 0. The van der Waals surface area contributed by atoms with Gasteiger partial charge < -0.3 is 14.6 Å². The standard InChI is InChI=1S/C25H26N4O3/c1-3-32-21-9-7-20(8-10-21)22-16-23-25(31)28(13-14-29(23)27-22)12-11-24(30)26-17-19-6-4-5-18(2)15-19/h4-10,13-16H,3,11-12,17H2,1-2H3,(H,26,30). The SMILES string of the molecule is CCOc1ccc(-c2cc3c(=O)n(CCC(=O)NCc4cccc(C)c4)ccn3n2)cc1. The number of ether oxygens (including phenoxy) is 1. The van der Waals surface area contributed by atoms with Crippen molar-refractivity contribution in [3.63, 3.8) is 0 Å². The van der Waals surface area contributed by atoms with Gasteiger partial charge in [0, 0.05) is 37.5 Å². The molecular formula is C25H26N4O3. The summed E-state index contributed by atoms with van der Waals surface area (Å²) < 4.78 is 8.59. The second-order valence-corrected chi connectivity index (χ2v) is 7.63. The number of nitrogens with zero attached hydrogens (tertiary/aromatic N) is 3. The summed E-state index contributed by atoms with van der Waals surface area (Å²) in [5, 5.41) is 7.42. The van der Waals surface area contributed by atoms with E-state index in [1.807, 2.05) is 62.4 Å². The van der Waals surface area contributed by atoms with Crippen LogP contribution in [0.3, 0.4) is 0 Å². The number of rotatable bonds is 8. The Morgan fingerprint density at radius 1 is 1.09 bits per heavy atom. The van der Waals surface area contributed by atoms with Crippen molar-refractivity contribution in [1.29, 1.82) is 0 Å². The summed E-state index contributed by atoms with van der Waals surface area (Å²) in [6.07, 6.45) is 3.62. The number of hydrogen-bond acceptors (Lipinski definition) is 4. The van der Waals surface area contributed by atoms with Crippen LogP contribution in [0.1, 0.15) is 24.5 Å². The van der Waals surface area contributed by atoms with E-state index in [2.05, 4.69) is 10.4 Å². The lowest BCUT2D eigenvalue weighted by molar-refractivity contribution is -0.121. The first-order valence-electron chi connectivity index (χ1n) is 10.7. The molecule has 0 atom stereocenters. The first-order chi connectivity index (χ1) is 15.5. The molecule has 0 saturated carbocycles. The van der Waals surface area contributed by atoms with Crippen LogP contribution in [0.15, 0.2) is 71.8 Å². The van der Waals surface area contributed by atoms with Gasteiger partial charge in [0.05, 0.1) is 12.3 Å². The molecule has 0 aliphatic heterocycles. The highest BCUT2D eigenvalue weighted by atomic mass is 16.5. The van der Waals surface area contributed by atoms with Crippen LogP contribution in [-0.4, -0.2) is 26.7 Å². The third kappa shape index (κ3) is 4.88. The molecule has 1 N–H and O–H groups in total. The molecule has 2 aromatic heterocycles. The van der Waals surface area contributed by atoms with Gasteiger partial charge in [-0.15, -0.1) is 0 Å². The highest BCUT2D eigenvalue weighted by Crippen LogP contribution is 2.21. The normalized spacial score (nSPS) is 10.9. The summed E-state index contributed by atoms with van der Waals surface area (Å²) in [6, 6.07) is 17.4. The molecule has 4 rings (SSSR count). The highest BCUT2D eigenvalue weighted by Gasteiger charge is 2.10. The van der Waals surface area contributed by atoms with Crippen LogP contribution in [0.4, 0.5) is 0 Å². The molecule has 7 nitrogen and oxygen atoms in total. The Bertz CT molecular complexity index is 1290. The van der Waals surface area contributed by atoms with Crippen molar-refractivity contribution in [2.24, 2.45) is 0 Å². The van der Waals surface area contributed by atoms with Gasteiger partial charge >= 0.3 is 0 Å². The lowest BCUT2D eigenvalue weighted by atomic mass is 10.1. The third-order valence-corrected chi connectivity index (χ3v) is 5.22. The van der Waals surface area contributed by atoms with Gasteiger partial charge in [0.1, 0.15) is 11.3 Å². The maximum Gasteiger partial charge on any atom is 0.276 e. The van der Waals surface area contributed by atoms with Crippen LogP contribution in [0.2, 0.25) is 0 Å². The Balaban J connectivity index is 1.43. The second-order valence-electron chi connectivity index (χ2n) is 7.63. The van der Waals surface area contributed by atoms with Crippen LogP contribution < -0.4 is 15.6 Å². The number of fused-ring (bicyclic) bond motifs is 1. The van der Waals surface area contributed by atoms with Gasteiger partial charge in [-0.3, -0.25) is 9.59 Å². The van der Waals surface area contributed by atoms with Gasteiger partial charge in [0.15, 0.2) is 0 Å². The van der Waals surface area contributed by atoms with E-state index in [-0.39, 0.29) is 17.9 Å². The van der Waals surface area contributed by atoms with Crippen molar-refractivity contribution in [2.45, 2.75) is 33.4 Å². The van der Waals surface area contributed by atoms with Crippen LogP contribution >= 0.6 is 0 Å². The summed E-state index contributed by atoms with van der Waals surface area (Å²) in [5.74, 6) is 0.699. The number of amides is 1. The monoisotopic (exact) mass is 430 g/mol. The Morgan fingerprint density at radius 2 is 1.91 bits per heavy atom. The van der Waals surface area contributed by atoms with E-state index in [4.69, 9.17) is 4.74 Å².